The third-order valence-electron chi connectivity index (χ3n) is 5.16. The van der Waals surface area contributed by atoms with Gasteiger partial charge >= 0.3 is 0 Å². The van der Waals surface area contributed by atoms with Gasteiger partial charge in [-0.2, -0.15) is 0 Å². The second-order valence-electron chi connectivity index (χ2n) is 6.93. The zero-order valence-corrected chi connectivity index (χ0v) is 12.5. The summed E-state index contributed by atoms with van der Waals surface area (Å²) in [6.07, 6.45) is 4.48. The van der Waals surface area contributed by atoms with E-state index in [2.05, 4.69) is 29.0 Å². The van der Waals surface area contributed by atoms with Gasteiger partial charge in [0.05, 0.1) is 12.7 Å². The molecular weight excluding hydrogens is 238 g/mol. The van der Waals surface area contributed by atoms with Gasteiger partial charge in [-0.15, -0.1) is 0 Å². The van der Waals surface area contributed by atoms with E-state index in [-0.39, 0.29) is 5.54 Å². The molecule has 0 radical (unpaired) electrons. The monoisotopic (exact) mass is 267 g/mol. The molecule has 3 aliphatic rings. The molecule has 3 fully saturated rings. The first kappa shape index (κ1) is 13.8. The standard InChI is InChI=1S/C15H29N3O/c1-15(2,18-8-6-16-7-9-18)12-17-10-11-19-14-5-3-4-13(14)17/h13-14,16H,3-12H2,1-2H3. The minimum Gasteiger partial charge on any atom is -0.375 e. The lowest BCUT2D eigenvalue weighted by molar-refractivity contribution is -0.0723. The first-order chi connectivity index (χ1) is 9.17. The predicted octanol–water partition coefficient (Wildman–Crippen LogP) is 0.924. The number of rotatable bonds is 3. The molecule has 0 aromatic rings. The minimum atomic E-state index is 0.284. The zero-order chi connectivity index (χ0) is 13.3. The van der Waals surface area contributed by atoms with Crippen molar-refractivity contribution in [2.24, 2.45) is 0 Å². The molecule has 0 amide bonds. The molecule has 0 aromatic carbocycles. The van der Waals surface area contributed by atoms with Crippen LogP contribution in [0.4, 0.5) is 0 Å². The molecule has 1 N–H and O–H groups in total. The van der Waals surface area contributed by atoms with Crippen molar-refractivity contribution in [1.82, 2.24) is 15.1 Å². The highest BCUT2D eigenvalue weighted by molar-refractivity contribution is 4.94. The van der Waals surface area contributed by atoms with Crippen LogP contribution in [0.3, 0.4) is 0 Å². The van der Waals surface area contributed by atoms with Gasteiger partial charge in [0.15, 0.2) is 0 Å². The lowest BCUT2D eigenvalue weighted by atomic mass is 9.98. The van der Waals surface area contributed by atoms with Crippen LogP contribution in [0.5, 0.6) is 0 Å². The number of nitrogens with one attached hydrogen (secondary N) is 1. The lowest BCUT2D eigenvalue weighted by Gasteiger charge is -2.47. The molecule has 4 nitrogen and oxygen atoms in total. The van der Waals surface area contributed by atoms with Crippen LogP contribution in [0.25, 0.3) is 0 Å². The van der Waals surface area contributed by atoms with E-state index in [4.69, 9.17) is 4.74 Å². The second kappa shape index (κ2) is 5.68. The van der Waals surface area contributed by atoms with E-state index in [1.807, 2.05) is 0 Å². The van der Waals surface area contributed by atoms with Crippen molar-refractivity contribution in [2.45, 2.75) is 50.8 Å². The van der Waals surface area contributed by atoms with Gasteiger partial charge in [0.2, 0.25) is 0 Å². The van der Waals surface area contributed by atoms with Gasteiger partial charge in [-0.05, 0) is 33.1 Å². The molecule has 2 unspecified atom stereocenters. The Morgan fingerprint density at radius 3 is 2.74 bits per heavy atom. The Morgan fingerprint density at radius 1 is 1.16 bits per heavy atom. The Morgan fingerprint density at radius 2 is 1.95 bits per heavy atom. The van der Waals surface area contributed by atoms with E-state index in [1.165, 1.54) is 38.9 Å². The fourth-order valence-corrected chi connectivity index (χ4v) is 4.07. The molecular formula is C15H29N3O. The van der Waals surface area contributed by atoms with Crippen LogP contribution < -0.4 is 5.32 Å². The highest BCUT2D eigenvalue weighted by Crippen LogP contribution is 2.31. The molecule has 0 spiro atoms. The highest BCUT2D eigenvalue weighted by Gasteiger charge is 2.39. The number of nitrogens with zero attached hydrogens (tertiary/aromatic N) is 2. The molecule has 1 saturated carbocycles. The Bertz CT molecular complexity index is 302. The molecule has 1 aliphatic carbocycles. The van der Waals surface area contributed by atoms with E-state index in [9.17, 15) is 0 Å². The smallest absolute Gasteiger partial charge is 0.0730 e. The van der Waals surface area contributed by atoms with E-state index in [0.717, 1.165) is 26.2 Å². The number of morpholine rings is 1. The number of ether oxygens (including phenoxy) is 1. The largest absolute Gasteiger partial charge is 0.375 e. The SMILES string of the molecule is CC(C)(CN1CCOC2CCCC21)N1CCNCC1. The van der Waals surface area contributed by atoms with Crippen LogP contribution in [0.15, 0.2) is 0 Å². The van der Waals surface area contributed by atoms with Crippen molar-refractivity contribution in [2.75, 3.05) is 45.9 Å². The van der Waals surface area contributed by atoms with Gasteiger partial charge in [0, 0.05) is 50.8 Å². The Hall–Kier alpha value is -0.160. The summed E-state index contributed by atoms with van der Waals surface area (Å²) in [4.78, 5) is 5.37. The average molecular weight is 267 g/mol. The zero-order valence-electron chi connectivity index (χ0n) is 12.5. The normalized spacial score (nSPS) is 34.4. The van der Waals surface area contributed by atoms with E-state index in [1.54, 1.807) is 0 Å². The molecule has 2 aliphatic heterocycles. The molecule has 0 aromatic heterocycles. The average Bonchev–Trinajstić information content (AvgIpc) is 2.89. The summed E-state index contributed by atoms with van der Waals surface area (Å²) < 4.78 is 5.93. The maximum absolute atomic E-state index is 5.93. The number of fused-ring (bicyclic) bond motifs is 1. The summed E-state index contributed by atoms with van der Waals surface area (Å²) in [6.45, 7) is 12.7. The minimum absolute atomic E-state index is 0.284. The summed E-state index contributed by atoms with van der Waals surface area (Å²) in [5.74, 6) is 0. The van der Waals surface area contributed by atoms with Crippen molar-refractivity contribution in [3.05, 3.63) is 0 Å². The van der Waals surface area contributed by atoms with Crippen LogP contribution in [0, 0.1) is 0 Å². The molecule has 2 atom stereocenters. The van der Waals surface area contributed by atoms with Crippen LogP contribution in [0.2, 0.25) is 0 Å². The fraction of sp³-hybridized carbons (Fsp3) is 1.00. The quantitative estimate of drug-likeness (QED) is 0.823. The summed E-state index contributed by atoms with van der Waals surface area (Å²) >= 11 is 0. The summed E-state index contributed by atoms with van der Waals surface area (Å²) in [7, 11) is 0. The lowest BCUT2D eigenvalue weighted by Crippen LogP contribution is -2.60. The van der Waals surface area contributed by atoms with Crippen molar-refractivity contribution < 1.29 is 4.74 Å². The maximum Gasteiger partial charge on any atom is 0.0730 e. The third-order valence-corrected chi connectivity index (χ3v) is 5.16. The van der Waals surface area contributed by atoms with Gasteiger partial charge in [-0.25, -0.2) is 0 Å². The fourth-order valence-electron chi connectivity index (χ4n) is 4.07. The van der Waals surface area contributed by atoms with Gasteiger partial charge in [0.1, 0.15) is 0 Å². The highest BCUT2D eigenvalue weighted by atomic mass is 16.5. The van der Waals surface area contributed by atoms with Crippen molar-refractivity contribution in [1.29, 1.82) is 0 Å². The van der Waals surface area contributed by atoms with Crippen LogP contribution >= 0.6 is 0 Å². The van der Waals surface area contributed by atoms with Crippen molar-refractivity contribution in [3.8, 4) is 0 Å². The van der Waals surface area contributed by atoms with Crippen LogP contribution in [-0.2, 0) is 4.74 Å². The molecule has 110 valence electrons. The van der Waals surface area contributed by atoms with Gasteiger partial charge in [-0.3, -0.25) is 9.80 Å². The van der Waals surface area contributed by atoms with Crippen molar-refractivity contribution >= 4 is 0 Å². The number of hydrogen-bond donors (Lipinski definition) is 1. The summed E-state index contributed by atoms with van der Waals surface area (Å²) in [5.41, 5.74) is 0.284. The number of hydrogen-bond acceptors (Lipinski definition) is 4. The van der Waals surface area contributed by atoms with Crippen LogP contribution in [0.1, 0.15) is 33.1 Å². The molecule has 3 rings (SSSR count). The topological polar surface area (TPSA) is 27.7 Å². The molecule has 2 heterocycles. The molecule has 19 heavy (non-hydrogen) atoms. The maximum atomic E-state index is 5.93. The first-order valence-corrected chi connectivity index (χ1v) is 7.98. The van der Waals surface area contributed by atoms with Crippen molar-refractivity contribution in [3.63, 3.8) is 0 Å². The third kappa shape index (κ3) is 2.97. The Balaban J connectivity index is 1.62. The first-order valence-electron chi connectivity index (χ1n) is 7.98. The summed E-state index contributed by atoms with van der Waals surface area (Å²) in [6, 6.07) is 0.691. The molecule has 0 bridgehead atoms. The van der Waals surface area contributed by atoms with Gasteiger partial charge < -0.3 is 10.1 Å². The van der Waals surface area contributed by atoms with Crippen LogP contribution in [-0.4, -0.2) is 73.4 Å². The van der Waals surface area contributed by atoms with E-state index >= 15 is 0 Å². The predicted molar refractivity (Wildman–Crippen MR) is 77.5 cm³/mol. The van der Waals surface area contributed by atoms with E-state index in [0.29, 0.717) is 12.1 Å². The van der Waals surface area contributed by atoms with Gasteiger partial charge in [-0.1, -0.05) is 0 Å². The Labute approximate surface area is 117 Å². The molecule has 2 saturated heterocycles. The summed E-state index contributed by atoms with van der Waals surface area (Å²) in [5, 5.41) is 3.45. The van der Waals surface area contributed by atoms with E-state index < -0.39 is 0 Å². The second-order valence-corrected chi connectivity index (χ2v) is 6.93. The Kier molecular flexibility index (Phi) is 4.13. The molecule has 4 heteroatoms. The number of piperazine rings is 1. The van der Waals surface area contributed by atoms with Gasteiger partial charge in [0.25, 0.3) is 0 Å².